The highest BCUT2D eigenvalue weighted by atomic mass is 16.2. The third-order valence-electron chi connectivity index (χ3n) is 4.04. The first-order valence-electron chi connectivity index (χ1n) is 8.02. The molecule has 3 aromatic rings. The molecular weight excluding hydrogens is 314 g/mol. The summed E-state index contributed by atoms with van der Waals surface area (Å²) in [5.74, 6) is -0.229. The van der Waals surface area contributed by atoms with Crippen molar-refractivity contribution in [2.45, 2.75) is 13.5 Å². The lowest BCUT2D eigenvalue weighted by Gasteiger charge is -2.18. The van der Waals surface area contributed by atoms with Gasteiger partial charge in [-0.15, -0.1) is 0 Å². The van der Waals surface area contributed by atoms with E-state index in [2.05, 4.69) is 5.10 Å². The zero-order chi connectivity index (χ0) is 17.8. The van der Waals surface area contributed by atoms with Gasteiger partial charge in [0.05, 0.1) is 5.69 Å². The lowest BCUT2D eigenvalue weighted by molar-refractivity contribution is 0.0777. The Labute approximate surface area is 146 Å². The fourth-order valence-corrected chi connectivity index (χ4v) is 2.59. The Bertz CT molecular complexity index is 948. The number of carbonyl (C=O) groups excluding carboxylic acids is 1. The molecule has 1 heterocycles. The molecule has 0 atom stereocenters. The molecule has 0 aliphatic rings. The summed E-state index contributed by atoms with van der Waals surface area (Å²) in [6, 6.07) is 19.8. The first-order valence-corrected chi connectivity index (χ1v) is 8.02. The normalized spacial score (nSPS) is 10.5. The van der Waals surface area contributed by atoms with Gasteiger partial charge in [0.25, 0.3) is 11.5 Å². The molecule has 0 bridgehead atoms. The van der Waals surface area contributed by atoms with Gasteiger partial charge in [-0.3, -0.25) is 9.59 Å². The SMILES string of the molecule is Cc1ccccc1CN(C)C(=O)c1ccc(=O)n(-c2ccccc2)n1. The van der Waals surface area contributed by atoms with E-state index in [4.69, 9.17) is 0 Å². The lowest BCUT2D eigenvalue weighted by atomic mass is 10.1. The van der Waals surface area contributed by atoms with E-state index in [0.29, 0.717) is 12.2 Å². The van der Waals surface area contributed by atoms with Crippen LogP contribution >= 0.6 is 0 Å². The number of para-hydroxylation sites is 1. The van der Waals surface area contributed by atoms with E-state index >= 15 is 0 Å². The molecule has 0 saturated carbocycles. The maximum Gasteiger partial charge on any atom is 0.274 e. The van der Waals surface area contributed by atoms with Crippen molar-refractivity contribution < 1.29 is 4.79 Å². The number of nitrogens with zero attached hydrogens (tertiary/aromatic N) is 3. The third kappa shape index (κ3) is 3.66. The monoisotopic (exact) mass is 333 g/mol. The molecule has 25 heavy (non-hydrogen) atoms. The van der Waals surface area contributed by atoms with Crippen molar-refractivity contribution in [3.63, 3.8) is 0 Å². The van der Waals surface area contributed by atoms with Crippen molar-refractivity contribution in [3.05, 3.63) is 93.9 Å². The third-order valence-corrected chi connectivity index (χ3v) is 4.04. The molecular formula is C20H19N3O2. The van der Waals surface area contributed by atoms with Crippen LogP contribution in [0.5, 0.6) is 0 Å². The van der Waals surface area contributed by atoms with Crippen molar-refractivity contribution >= 4 is 5.91 Å². The minimum Gasteiger partial charge on any atom is -0.336 e. The predicted molar refractivity (Wildman–Crippen MR) is 96.8 cm³/mol. The molecule has 3 rings (SSSR count). The summed E-state index contributed by atoms with van der Waals surface area (Å²) in [5.41, 5.74) is 2.80. The molecule has 0 saturated heterocycles. The summed E-state index contributed by atoms with van der Waals surface area (Å²) in [6.45, 7) is 2.50. The van der Waals surface area contributed by atoms with Crippen LogP contribution in [0.15, 0.2) is 71.5 Å². The topological polar surface area (TPSA) is 55.2 Å². The summed E-state index contributed by atoms with van der Waals surface area (Å²) in [4.78, 5) is 26.4. The van der Waals surface area contributed by atoms with Crippen LogP contribution in [0.4, 0.5) is 0 Å². The Balaban J connectivity index is 1.87. The fraction of sp³-hybridized carbons (Fsp3) is 0.150. The van der Waals surface area contributed by atoms with Gasteiger partial charge in [0.15, 0.2) is 0 Å². The Morgan fingerprint density at radius 3 is 2.40 bits per heavy atom. The van der Waals surface area contributed by atoms with E-state index in [1.807, 2.05) is 49.4 Å². The fourth-order valence-electron chi connectivity index (χ4n) is 2.59. The number of aromatic nitrogens is 2. The molecule has 5 heteroatoms. The first kappa shape index (κ1) is 16.6. The number of hydrogen-bond donors (Lipinski definition) is 0. The standard InChI is InChI=1S/C20H19N3O2/c1-15-8-6-7-9-16(15)14-22(2)20(25)18-12-13-19(24)23(21-18)17-10-4-3-5-11-17/h3-13H,14H2,1-2H3. The van der Waals surface area contributed by atoms with E-state index in [0.717, 1.165) is 11.1 Å². The maximum atomic E-state index is 12.7. The number of hydrogen-bond acceptors (Lipinski definition) is 3. The van der Waals surface area contributed by atoms with E-state index in [9.17, 15) is 9.59 Å². The van der Waals surface area contributed by atoms with Gasteiger partial charge >= 0.3 is 0 Å². The zero-order valence-corrected chi connectivity index (χ0v) is 14.2. The highest BCUT2D eigenvalue weighted by Gasteiger charge is 2.16. The quantitative estimate of drug-likeness (QED) is 0.738. The van der Waals surface area contributed by atoms with E-state index in [1.165, 1.54) is 16.8 Å². The van der Waals surface area contributed by atoms with Crippen LogP contribution < -0.4 is 5.56 Å². The number of benzene rings is 2. The van der Waals surface area contributed by atoms with Gasteiger partial charge in [-0.05, 0) is 36.2 Å². The summed E-state index contributed by atoms with van der Waals surface area (Å²) >= 11 is 0. The number of rotatable bonds is 4. The second kappa shape index (κ2) is 7.13. The highest BCUT2D eigenvalue weighted by molar-refractivity contribution is 5.91. The van der Waals surface area contributed by atoms with Gasteiger partial charge in [-0.1, -0.05) is 42.5 Å². The Morgan fingerprint density at radius 2 is 1.68 bits per heavy atom. The molecule has 0 radical (unpaired) electrons. The Kier molecular flexibility index (Phi) is 4.75. The summed E-state index contributed by atoms with van der Waals surface area (Å²) < 4.78 is 1.24. The second-order valence-corrected chi connectivity index (χ2v) is 5.89. The summed E-state index contributed by atoms with van der Waals surface area (Å²) in [7, 11) is 1.73. The van der Waals surface area contributed by atoms with Gasteiger partial charge < -0.3 is 4.90 Å². The van der Waals surface area contributed by atoms with Crippen LogP contribution in [0.25, 0.3) is 5.69 Å². The molecule has 2 aromatic carbocycles. The minimum absolute atomic E-state index is 0.229. The van der Waals surface area contributed by atoms with Crippen LogP contribution in [-0.4, -0.2) is 27.6 Å². The van der Waals surface area contributed by atoms with E-state index in [-0.39, 0.29) is 17.2 Å². The molecule has 0 aliphatic heterocycles. The summed E-state index contributed by atoms with van der Waals surface area (Å²) in [6.07, 6.45) is 0. The smallest absolute Gasteiger partial charge is 0.274 e. The molecule has 1 amide bonds. The van der Waals surface area contributed by atoms with Crippen molar-refractivity contribution in [3.8, 4) is 5.69 Å². The van der Waals surface area contributed by atoms with Crippen LogP contribution in [0, 0.1) is 6.92 Å². The summed E-state index contributed by atoms with van der Waals surface area (Å²) in [5, 5.41) is 4.24. The molecule has 0 unspecified atom stereocenters. The average molecular weight is 333 g/mol. The molecule has 1 aromatic heterocycles. The number of aryl methyl sites for hydroxylation is 1. The predicted octanol–water partition coefficient (Wildman–Crippen LogP) is 2.81. The van der Waals surface area contributed by atoms with E-state index < -0.39 is 0 Å². The molecule has 126 valence electrons. The highest BCUT2D eigenvalue weighted by Crippen LogP contribution is 2.11. The largest absolute Gasteiger partial charge is 0.336 e. The maximum absolute atomic E-state index is 12.7. The van der Waals surface area contributed by atoms with Crippen LogP contribution in [0.3, 0.4) is 0 Å². The van der Waals surface area contributed by atoms with Gasteiger partial charge in [0.1, 0.15) is 5.69 Å². The van der Waals surface area contributed by atoms with E-state index in [1.54, 1.807) is 24.1 Å². The minimum atomic E-state index is -0.274. The van der Waals surface area contributed by atoms with Crippen LogP contribution in [0.2, 0.25) is 0 Å². The second-order valence-electron chi connectivity index (χ2n) is 5.89. The van der Waals surface area contributed by atoms with Crippen molar-refractivity contribution in [1.82, 2.24) is 14.7 Å². The molecule has 0 N–H and O–H groups in total. The van der Waals surface area contributed by atoms with Crippen molar-refractivity contribution in [2.75, 3.05) is 7.05 Å². The van der Waals surface area contributed by atoms with Crippen molar-refractivity contribution in [1.29, 1.82) is 0 Å². The van der Waals surface area contributed by atoms with Crippen LogP contribution in [-0.2, 0) is 6.54 Å². The molecule has 5 nitrogen and oxygen atoms in total. The average Bonchev–Trinajstić information content (AvgIpc) is 2.64. The number of amides is 1. The molecule has 0 aliphatic carbocycles. The van der Waals surface area contributed by atoms with Crippen LogP contribution in [0.1, 0.15) is 21.6 Å². The lowest BCUT2D eigenvalue weighted by Crippen LogP contribution is -2.30. The molecule has 0 spiro atoms. The Hall–Kier alpha value is -3.21. The van der Waals surface area contributed by atoms with Gasteiger partial charge in [0, 0.05) is 19.7 Å². The number of carbonyl (C=O) groups is 1. The van der Waals surface area contributed by atoms with Gasteiger partial charge in [-0.25, -0.2) is 0 Å². The first-order chi connectivity index (χ1) is 12.1. The van der Waals surface area contributed by atoms with Gasteiger partial charge in [0.2, 0.25) is 0 Å². The van der Waals surface area contributed by atoms with Gasteiger partial charge in [-0.2, -0.15) is 9.78 Å². The zero-order valence-electron chi connectivity index (χ0n) is 14.2. The Morgan fingerprint density at radius 1 is 1.00 bits per heavy atom. The molecule has 0 fully saturated rings. The van der Waals surface area contributed by atoms with Crippen molar-refractivity contribution in [2.24, 2.45) is 0 Å².